The molecule has 148 valence electrons. The zero-order chi connectivity index (χ0) is 21.0. The fraction of sp³-hybridized carbons (Fsp3) is 0.174. The Morgan fingerprint density at radius 1 is 0.966 bits per heavy atom. The van der Waals surface area contributed by atoms with Gasteiger partial charge in [0.2, 0.25) is 6.10 Å². The highest BCUT2D eigenvalue weighted by Gasteiger charge is 2.27. The van der Waals surface area contributed by atoms with Crippen LogP contribution in [0.1, 0.15) is 28.4 Å². The van der Waals surface area contributed by atoms with E-state index in [1.165, 1.54) is 12.1 Å². The molecule has 0 aromatic heterocycles. The van der Waals surface area contributed by atoms with Gasteiger partial charge in [0.1, 0.15) is 0 Å². The van der Waals surface area contributed by atoms with E-state index >= 15 is 0 Å². The fourth-order valence-electron chi connectivity index (χ4n) is 2.97. The summed E-state index contributed by atoms with van der Waals surface area (Å²) in [6.07, 6.45) is -1.04. The molecule has 0 saturated heterocycles. The van der Waals surface area contributed by atoms with Crippen LogP contribution in [-0.4, -0.2) is 10.8 Å². The van der Waals surface area contributed by atoms with Crippen molar-refractivity contribution in [2.24, 2.45) is 0 Å². The highest BCUT2D eigenvalue weighted by molar-refractivity contribution is 5.95. The van der Waals surface area contributed by atoms with Gasteiger partial charge in [-0.1, -0.05) is 48.5 Å². The third-order valence-corrected chi connectivity index (χ3v) is 4.55. The monoisotopic (exact) mass is 390 g/mol. The van der Waals surface area contributed by atoms with Crippen molar-refractivity contribution in [2.75, 3.05) is 5.32 Å². The first-order valence-electron chi connectivity index (χ1n) is 9.20. The average molecular weight is 390 g/mol. The lowest BCUT2D eigenvalue weighted by molar-refractivity contribution is -0.386. The number of amides is 1. The molecule has 0 aliphatic carbocycles. The van der Waals surface area contributed by atoms with Crippen molar-refractivity contribution in [1.29, 1.82) is 0 Å². The van der Waals surface area contributed by atoms with Gasteiger partial charge >= 0.3 is 5.69 Å². The van der Waals surface area contributed by atoms with Crippen LogP contribution in [0, 0.1) is 30.9 Å². The van der Waals surface area contributed by atoms with Gasteiger partial charge in [0.05, 0.1) is 4.92 Å². The van der Waals surface area contributed by atoms with Crippen molar-refractivity contribution in [3.63, 3.8) is 0 Å². The van der Waals surface area contributed by atoms with Crippen LogP contribution in [0.5, 0.6) is 5.75 Å². The van der Waals surface area contributed by atoms with Gasteiger partial charge in [0.15, 0.2) is 5.75 Å². The van der Waals surface area contributed by atoms with E-state index in [4.69, 9.17) is 4.74 Å². The molecule has 0 aliphatic rings. The molecule has 6 heteroatoms. The van der Waals surface area contributed by atoms with Crippen LogP contribution in [-0.2, 0) is 4.79 Å². The number of rotatable bonds is 6. The molecule has 1 atom stereocenters. The number of carbonyl (C=O) groups excluding carboxylic acids is 1. The number of hydrogen-bond acceptors (Lipinski definition) is 4. The third kappa shape index (κ3) is 4.79. The van der Waals surface area contributed by atoms with Gasteiger partial charge in [-0.05, 0) is 49.6 Å². The molecule has 0 saturated carbocycles. The molecule has 3 aromatic rings. The molecule has 29 heavy (non-hydrogen) atoms. The smallest absolute Gasteiger partial charge is 0.311 e. The van der Waals surface area contributed by atoms with E-state index < -0.39 is 16.9 Å². The Labute approximate surface area is 169 Å². The normalized spacial score (nSPS) is 11.6. The van der Waals surface area contributed by atoms with Gasteiger partial charge in [0, 0.05) is 17.3 Å². The fourth-order valence-corrected chi connectivity index (χ4v) is 2.97. The van der Waals surface area contributed by atoms with E-state index in [1.54, 1.807) is 37.3 Å². The minimum atomic E-state index is -1.04. The first-order chi connectivity index (χ1) is 13.8. The standard InChI is InChI=1S/C23H22N2O4/c1-15-9-11-17(3)19(13-15)24-23(26)22(18-7-5-4-6-8-18)29-21-12-10-16(2)14-20(21)25(27)28/h4-14,22H,1-3H3,(H,24,26)/t22-/m1/s1. The Morgan fingerprint density at radius 3 is 2.31 bits per heavy atom. The summed E-state index contributed by atoms with van der Waals surface area (Å²) in [7, 11) is 0. The Morgan fingerprint density at radius 2 is 1.62 bits per heavy atom. The minimum absolute atomic E-state index is 0.0468. The molecule has 0 fully saturated rings. The number of ether oxygens (including phenoxy) is 1. The van der Waals surface area contributed by atoms with Gasteiger partial charge in [-0.15, -0.1) is 0 Å². The van der Waals surface area contributed by atoms with E-state index in [1.807, 2.05) is 38.1 Å². The second kappa shape index (κ2) is 8.56. The van der Waals surface area contributed by atoms with Gasteiger partial charge in [0.25, 0.3) is 5.91 Å². The molecular formula is C23H22N2O4. The number of nitrogens with zero attached hydrogens (tertiary/aromatic N) is 1. The van der Waals surface area contributed by atoms with Crippen molar-refractivity contribution >= 4 is 17.3 Å². The van der Waals surface area contributed by atoms with Crippen LogP contribution in [0.2, 0.25) is 0 Å². The Balaban J connectivity index is 1.97. The van der Waals surface area contributed by atoms with E-state index in [-0.39, 0.29) is 11.4 Å². The minimum Gasteiger partial charge on any atom is -0.469 e. The van der Waals surface area contributed by atoms with E-state index in [0.717, 1.165) is 16.7 Å². The molecule has 3 rings (SSSR count). The number of nitrogens with one attached hydrogen (secondary N) is 1. The number of nitro benzene ring substituents is 1. The van der Waals surface area contributed by atoms with Gasteiger partial charge < -0.3 is 10.1 Å². The number of hydrogen-bond donors (Lipinski definition) is 1. The van der Waals surface area contributed by atoms with Crippen molar-refractivity contribution in [3.05, 3.63) is 99.1 Å². The molecule has 0 spiro atoms. The second-order valence-electron chi connectivity index (χ2n) is 6.94. The molecule has 3 aromatic carbocycles. The van der Waals surface area contributed by atoms with Gasteiger partial charge in [-0.25, -0.2) is 0 Å². The first kappa shape index (κ1) is 20.1. The van der Waals surface area contributed by atoms with Crippen LogP contribution in [0.25, 0.3) is 0 Å². The largest absolute Gasteiger partial charge is 0.469 e. The molecule has 0 radical (unpaired) electrons. The zero-order valence-electron chi connectivity index (χ0n) is 16.5. The Kier molecular flexibility index (Phi) is 5.93. The van der Waals surface area contributed by atoms with Gasteiger partial charge in [-0.2, -0.15) is 0 Å². The summed E-state index contributed by atoms with van der Waals surface area (Å²) in [5.41, 5.74) is 3.77. The summed E-state index contributed by atoms with van der Waals surface area (Å²) in [5, 5.41) is 14.4. The predicted molar refractivity (Wildman–Crippen MR) is 112 cm³/mol. The number of anilines is 1. The molecule has 1 N–H and O–H groups in total. The molecule has 0 aliphatic heterocycles. The van der Waals surface area contributed by atoms with E-state index in [2.05, 4.69) is 5.32 Å². The van der Waals surface area contributed by atoms with Crippen LogP contribution in [0.15, 0.2) is 66.7 Å². The number of nitro groups is 1. The van der Waals surface area contributed by atoms with Crippen LogP contribution >= 0.6 is 0 Å². The molecule has 0 unspecified atom stereocenters. The van der Waals surface area contributed by atoms with Crippen LogP contribution in [0.4, 0.5) is 11.4 Å². The Hall–Kier alpha value is -3.67. The molecule has 0 bridgehead atoms. The second-order valence-corrected chi connectivity index (χ2v) is 6.94. The summed E-state index contributed by atoms with van der Waals surface area (Å²) in [6.45, 7) is 5.60. The molecule has 6 nitrogen and oxygen atoms in total. The van der Waals surface area contributed by atoms with Crippen molar-refractivity contribution < 1.29 is 14.5 Å². The number of aryl methyl sites for hydroxylation is 3. The zero-order valence-corrected chi connectivity index (χ0v) is 16.5. The maximum absolute atomic E-state index is 13.1. The highest BCUT2D eigenvalue weighted by atomic mass is 16.6. The number of benzene rings is 3. The maximum Gasteiger partial charge on any atom is 0.311 e. The lowest BCUT2D eigenvalue weighted by Crippen LogP contribution is -2.26. The van der Waals surface area contributed by atoms with E-state index in [9.17, 15) is 14.9 Å². The molecule has 0 heterocycles. The maximum atomic E-state index is 13.1. The lowest BCUT2D eigenvalue weighted by Gasteiger charge is -2.20. The quantitative estimate of drug-likeness (QED) is 0.459. The van der Waals surface area contributed by atoms with Crippen molar-refractivity contribution in [3.8, 4) is 5.75 Å². The Bertz CT molecular complexity index is 1050. The molecule has 1 amide bonds. The summed E-state index contributed by atoms with van der Waals surface area (Å²) >= 11 is 0. The summed E-state index contributed by atoms with van der Waals surface area (Å²) in [5.74, 6) is -0.356. The SMILES string of the molecule is Cc1ccc(C)c(NC(=O)[C@H](Oc2ccc(C)cc2[N+](=O)[O-])c2ccccc2)c1. The number of carbonyl (C=O) groups is 1. The molecular weight excluding hydrogens is 368 g/mol. The third-order valence-electron chi connectivity index (χ3n) is 4.55. The van der Waals surface area contributed by atoms with Gasteiger partial charge in [-0.3, -0.25) is 14.9 Å². The summed E-state index contributed by atoms with van der Waals surface area (Å²) in [4.78, 5) is 24.1. The summed E-state index contributed by atoms with van der Waals surface area (Å²) < 4.78 is 5.90. The van der Waals surface area contributed by atoms with Crippen LogP contribution < -0.4 is 10.1 Å². The van der Waals surface area contributed by atoms with Crippen LogP contribution in [0.3, 0.4) is 0 Å². The average Bonchev–Trinajstić information content (AvgIpc) is 2.70. The van der Waals surface area contributed by atoms with E-state index in [0.29, 0.717) is 11.3 Å². The first-order valence-corrected chi connectivity index (χ1v) is 9.20. The highest BCUT2D eigenvalue weighted by Crippen LogP contribution is 2.32. The lowest BCUT2D eigenvalue weighted by atomic mass is 10.1. The van der Waals surface area contributed by atoms with Crippen molar-refractivity contribution in [2.45, 2.75) is 26.9 Å². The topological polar surface area (TPSA) is 81.5 Å². The summed E-state index contributed by atoms with van der Waals surface area (Å²) in [6, 6.07) is 19.4. The predicted octanol–water partition coefficient (Wildman–Crippen LogP) is 5.28. The van der Waals surface area contributed by atoms with Crippen molar-refractivity contribution in [1.82, 2.24) is 0 Å².